The van der Waals surface area contributed by atoms with Crippen molar-refractivity contribution in [3.8, 4) is 0 Å². The maximum Gasteiger partial charge on any atom is 0.251 e. The summed E-state index contributed by atoms with van der Waals surface area (Å²) in [6.45, 7) is 2.06. The average Bonchev–Trinajstić information content (AvgIpc) is 2.34. The summed E-state index contributed by atoms with van der Waals surface area (Å²) >= 11 is 1.28. The smallest absolute Gasteiger partial charge is 0.251 e. The van der Waals surface area contributed by atoms with Crippen molar-refractivity contribution in [2.75, 3.05) is 5.73 Å². The second-order valence-corrected chi connectivity index (χ2v) is 4.61. The van der Waals surface area contributed by atoms with E-state index in [0.717, 1.165) is 23.4 Å². The Labute approximate surface area is 108 Å². The maximum atomic E-state index is 11.2. The summed E-state index contributed by atoms with van der Waals surface area (Å²) < 4.78 is 0. The lowest BCUT2D eigenvalue weighted by molar-refractivity contribution is 0.856. The van der Waals surface area contributed by atoms with Gasteiger partial charge in [0.1, 0.15) is 17.2 Å². The van der Waals surface area contributed by atoms with Crippen molar-refractivity contribution in [3.05, 3.63) is 34.5 Å². The van der Waals surface area contributed by atoms with Crippen molar-refractivity contribution >= 4 is 17.6 Å². The summed E-state index contributed by atoms with van der Waals surface area (Å²) in [6, 6.07) is 1.37. The van der Waals surface area contributed by atoms with Crippen LogP contribution in [-0.4, -0.2) is 19.9 Å². The summed E-state index contributed by atoms with van der Waals surface area (Å²) in [4.78, 5) is 26.1. The van der Waals surface area contributed by atoms with Gasteiger partial charge < -0.3 is 10.7 Å². The van der Waals surface area contributed by atoms with Crippen LogP contribution in [0.5, 0.6) is 0 Å². The third-order valence-electron chi connectivity index (χ3n) is 2.28. The molecule has 0 spiro atoms. The topological polar surface area (TPSA) is 97.5 Å². The molecule has 7 heteroatoms. The number of H-pyrrole nitrogens is 1. The lowest BCUT2D eigenvalue weighted by Gasteiger charge is -2.08. The highest BCUT2D eigenvalue weighted by Gasteiger charge is 2.10. The number of aromatic nitrogens is 4. The number of hydrogen-bond donors (Lipinski definition) is 2. The molecule has 0 fully saturated rings. The molecule has 0 amide bonds. The van der Waals surface area contributed by atoms with Crippen LogP contribution in [-0.2, 0) is 6.42 Å². The molecule has 0 aliphatic heterocycles. The zero-order valence-electron chi connectivity index (χ0n) is 9.88. The molecule has 0 aliphatic carbocycles. The van der Waals surface area contributed by atoms with Gasteiger partial charge in [0, 0.05) is 17.8 Å². The Morgan fingerprint density at radius 2 is 2.22 bits per heavy atom. The molecule has 2 aromatic rings. The normalized spacial score (nSPS) is 10.5. The Balaban J connectivity index is 2.34. The first-order valence-corrected chi connectivity index (χ1v) is 6.35. The van der Waals surface area contributed by atoms with E-state index >= 15 is 0 Å². The van der Waals surface area contributed by atoms with Crippen LogP contribution in [0.25, 0.3) is 0 Å². The highest BCUT2D eigenvalue weighted by atomic mass is 32.2. The molecule has 18 heavy (non-hydrogen) atoms. The van der Waals surface area contributed by atoms with E-state index in [-0.39, 0.29) is 5.56 Å². The van der Waals surface area contributed by atoms with Gasteiger partial charge in [-0.15, -0.1) is 0 Å². The summed E-state index contributed by atoms with van der Waals surface area (Å²) in [5.74, 6) is 0.479. The van der Waals surface area contributed by atoms with E-state index in [2.05, 4.69) is 26.9 Å². The summed E-state index contributed by atoms with van der Waals surface area (Å²) in [5, 5.41) is 1.23. The first kappa shape index (κ1) is 12.6. The molecule has 3 N–H and O–H groups in total. The average molecular weight is 263 g/mol. The quantitative estimate of drug-likeness (QED) is 0.636. The van der Waals surface area contributed by atoms with Gasteiger partial charge in [-0.25, -0.2) is 15.0 Å². The van der Waals surface area contributed by atoms with Crippen LogP contribution >= 0.6 is 11.8 Å². The summed E-state index contributed by atoms with van der Waals surface area (Å²) in [7, 11) is 0. The molecule has 0 atom stereocenters. The van der Waals surface area contributed by atoms with Crippen LogP contribution in [0.15, 0.2) is 33.6 Å². The predicted octanol–water partition coefficient (Wildman–Crippen LogP) is 1.25. The molecule has 0 saturated carbocycles. The molecule has 2 heterocycles. The fourth-order valence-electron chi connectivity index (χ4n) is 1.48. The molecular weight excluding hydrogens is 250 g/mol. The highest BCUT2D eigenvalue weighted by Crippen LogP contribution is 2.28. The van der Waals surface area contributed by atoms with Gasteiger partial charge in [0.05, 0.1) is 0 Å². The summed E-state index contributed by atoms with van der Waals surface area (Å²) in [6.07, 6.45) is 4.62. The Morgan fingerprint density at radius 1 is 1.39 bits per heavy atom. The van der Waals surface area contributed by atoms with Crippen LogP contribution in [0.3, 0.4) is 0 Å². The van der Waals surface area contributed by atoms with Gasteiger partial charge in [0.15, 0.2) is 5.16 Å². The van der Waals surface area contributed by atoms with E-state index in [1.807, 2.05) is 0 Å². The van der Waals surface area contributed by atoms with E-state index in [1.165, 1.54) is 30.4 Å². The molecule has 0 saturated heterocycles. The second-order valence-electron chi connectivity index (χ2n) is 3.63. The van der Waals surface area contributed by atoms with Crippen LogP contribution in [0, 0.1) is 0 Å². The number of nitrogens with one attached hydrogen (secondary N) is 1. The van der Waals surface area contributed by atoms with Crippen LogP contribution < -0.4 is 11.3 Å². The third kappa shape index (κ3) is 2.86. The van der Waals surface area contributed by atoms with Crippen molar-refractivity contribution in [2.24, 2.45) is 0 Å². The van der Waals surface area contributed by atoms with E-state index in [0.29, 0.717) is 11.0 Å². The van der Waals surface area contributed by atoms with Crippen LogP contribution in [0.1, 0.15) is 18.9 Å². The number of nitrogen functional groups attached to an aromatic ring is 1. The summed E-state index contributed by atoms with van der Waals surface area (Å²) in [5.41, 5.74) is 6.55. The number of anilines is 1. The minimum atomic E-state index is -0.188. The first-order chi connectivity index (χ1) is 8.70. The van der Waals surface area contributed by atoms with Gasteiger partial charge in [0.25, 0.3) is 5.56 Å². The van der Waals surface area contributed by atoms with Crippen molar-refractivity contribution in [1.29, 1.82) is 0 Å². The zero-order valence-corrected chi connectivity index (χ0v) is 10.7. The number of rotatable bonds is 4. The highest BCUT2D eigenvalue weighted by molar-refractivity contribution is 7.99. The Morgan fingerprint density at radius 3 is 2.94 bits per heavy atom. The second kappa shape index (κ2) is 5.63. The van der Waals surface area contributed by atoms with Gasteiger partial charge >= 0.3 is 0 Å². The fraction of sp³-hybridized carbons (Fsp3) is 0.273. The van der Waals surface area contributed by atoms with Crippen molar-refractivity contribution < 1.29 is 0 Å². The standard InChI is InChI=1S/C11H13N5OS/c1-2-3-7-9(12)14-6-15-10(7)18-11-13-5-4-8(17)16-11/h4-6H,2-3H2,1H3,(H2,12,14,15)(H,13,16,17). The third-order valence-corrected chi connectivity index (χ3v) is 3.23. The maximum absolute atomic E-state index is 11.2. The van der Waals surface area contributed by atoms with Crippen LogP contribution in [0.2, 0.25) is 0 Å². The largest absolute Gasteiger partial charge is 0.383 e. The van der Waals surface area contributed by atoms with E-state index < -0.39 is 0 Å². The lowest BCUT2D eigenvalue weighted by atomic mass is 10.2. The predicted molar refractivity (Wildman–Crippen MR) is 69.4 cm³/mol. The molecule has 6 nitrogen and oxygen atoms in total. The van der Waals surface area contributed by atoms with Crippen LogP contribution in [0.4, 0.5) is 5.82 Å². The molecule has 0 unspecified atom stereocenters. The Bertz CT molecular complexity index is 598. The van der Waals surface area contributed by atoms with Gasteiger partial charge in [0.2, 0.25) is 0 Å². The monoisotopic (exact) mass is 263 g/mol. The Hall–Kier alpha value is -1.89. The van der Waals surface area contributed by atoms with E-state index in [4.69, 9.17) is 5.73 Å². The van der Waals surface area contributed by atoms with Gasteiger partial charge in [-0.05, 0) is 18.2 Å². The molecular formula is C11H13N5OS. The molecule has 0 bridgehead atoms. The number of nitrogens with zero attached hydrogens (tertiary/aromatic N) is 3. The molecule has 0 aromatic carbocycles. The van der Waals surface area contributed by atoms with Crippen molar-refractivity contribution in [2.45, 2.75) is 29.9 Å². The zero-order chi connectivity index (χ0) is 13.0. The molecule has 0 aliphatic rings. The minimum Gasteiger partial charge on any atom is -0.383 e. The Kier molecular flexibility index (Phi) is 3.93. The van der Waals surface area contributed by atoms with Gasteiger partial charge in [-0.3, -0.25) is 4.79 Å². The van der Waals surface area contributed by atoms with E-state index in [9.17, 15) is 4.79 Å². The molecule has 94 valence electrons. The van der Waals surface area contributed by atoms with Crippen molar-refractivity contribution in [1.82, 2.24) is 19.9 Å². The fourth-order valence-corrected chi connectivity index (χ4v) is 2.36. The minimum absolute atomic E-state index is 0.188. The first-order valence-electron chi connectivity index (χ1n) is 5.53. The SMILES string of the molecule is CCCc1c(N)ncnc1Sc1nccc(=O)[nH]1. The number of hydrogen-bond acceptors (Lipinski definition) is 6. The number of nitrogens with two attached hydrogens (primary N) is 1. The molecule has 2 rings (SSSR count). The molecule has 0 radical (unpaired) electrons. The lowest BCUT2D eigenvalue weighted by Crippen LogP contribution is -2.06. The van der Waals surface area contributed by atoms with E-state index in [1.54, 1.807) is 0 Å². The van der Waals surface area contributed by atoms with Gasteiger partial charge in [-0.2, -0.15) is 0 Å². The number of aromatic amines is 1. The molecule has 2 aromatic heterocycles. The van der Waals surface area contributed by atoms with Gasteiger partial charge in [-0.1, -0.05) is 13.3 Å². The van der Waals surface area contributed by atoms with Crippen molar-refractivity contribution in [3.63, 3.8) is 0 Å².